The van der Waals surface area contributed by atoms with Crippen molar-refractivity contribution in [1.29, 1.82) is 5.26 Å². The van der Waals surface area contributed by atoms with Crippen molar-refractivity contribution in [3.8, 4) is 6.07 Å². The van der Waals surface area contributed by atoms with Gasteiger partial charge >= 0.3 is 0 Å². The van der Waals surface area contributed by atoms with E-state index in [9.17, 15) is 0 Å². The van der Waals surface area contributed by atoms with Gasteiger partial charge in [-0.3, -0.25) is 0 Å². The topological polar surface area (TPSA) is 45.0 Å². The average Bonchev–Trinajstić information content (AvgIpc) is 2.09. The van der Waals surface area contributed by atoms with Gasteiger partial charge in [0.1, 0.15) is 0 Å². The molecular weight excluding hydrogens is 164 g/mol. The predicted octanol–water partition coefficient (Wildman–Crippen LogP) is 1.55. The van der Waals surface area contributed by atoms with Gasteiger partial charge in [0.05, 0.1) is 6.07 Å². The van der Waals surface area contributed by atoms with Crippen LogP contribution in [-0.2, 0) is 4.74 Å². The molecule has 0 atom stereocenters. The molecule has 0 aromatic rings. The van der Waals surface area contributed by atoms with Crippen LogP contribution in [0.3, 0.4) is 0 Å². The first kappa shape index (κ1) is 12.4. The largest absolute Gasteiger partial charge is 0.381 e. The molecule has 0 rings (SSSR count). The highest BCUT2D eigenvalue weighted by Crippen LogP contribution is 1.92. The van der Waals surface area contributed by atoms with E-state index in [1.54, 1.807) is 0 Å². The van der Waals surface area contributed by atoms with E-state index in [4.69, 9.17) is 10.00 Å². The minimum Gasteiger partial charge on any atom is -0.381 e. The van der Waals surface area contributed by atoms with Crippen molar-refractivity contribution in [2.45, 2.75) is 26.7 Å². The Labute approximate surface area is 81.1 Å². The molecule has 0 heterocycles. The van der Waals surface area contributed by atoms with Gasteiger partial charge in [0.15, 0.2) is 0 Å². The van der Waals surface area contributed by atoms with E-state index in [0.717, 1.165) is 32.7 Å². The van der Waals surface area contributed by atoms with E-state index in [2.05, 4.69) is 25.2 Å². The van der Waals surface area contributed by atoms with Gasteiger partial charge in [-0.1, -0.05) is 13.8 Å². The number of hydrogen-bond acceptors (Lipinski definition) is 3. The molecule has 0 aliphatic rings. The van der Waals surface area contributed by atoms with Gasteiger partial charge in [0.25, 0.3) is 0 Å². The molecule has 3 heteroatoms. The van der Waals surface area contributed by atoms with Crippen molar-refractivity contribution in [3.05, 3.63) is 0 Å². The molecule has 76 valence electrons. The van der Waals surface area contributed by atoms with Crippen LogP contribution in [0.2, 0.25) is 0 Å². The summed E-state index contributed by atoms with van der Waals surface area (Å²) in [6, 6.07) is 2.09. The van der Waals surface area contributed by atoms with Gasteiger partial charge in [0.2, 0.25) is 0 Å². The molecular formula is C10H20N2O. The lowest BCUT2D eigenvalue weighted by Gasteiger charge is -2.06. The Morgan fingerprint density at radius 2 is 2.15 bits per heavy atom. The van der Waals surface area contributed by atoms with Crippen LogP contribution in [0.15, 0.2) is 0 Å². The maximum absolute atomic E-state index is 8.25. The van der Waals surface area contributed by atoms with Crippen molar-refractivity contribution >= 4 is 0 Å². The third-order valence-corrected chi connectivity index (χ3v) is 1.51. The summed E-state index contributed by atoms with van der Waals surface area (Å²) >= 11 is 0. The molecule has 0 unspecified atom stereocenters. The first-order valence-corrected chi connectivity index (χ1v) is 4.92. The van der Waals surface area contributed by atoms with Gasteiger partial charge in [0, 0.05) is 26.2 Å². The highest BCUT2D eigenvalue weighted by Gasteiger charge is 1.93. The van der Waals surface area contributed by atoms with E-state index < -0.39 is 0 Å². The summed E-state index contributed by atoms with van der Waals surface area (Å²) in [7, 11) is 0. The second-order valence-corrected chi connectivity index (χ2v) is 3.48. The number of nitrogens with zero attached hydrogens (tertiary/aromatic N) is 1. The van der Waals surface area contributed by atoms with Crippen LogP contribution in [0.25, 0.3) is 0 Å². The standard InChI is InChI=1S/C10H20N2O/c1-10(2)9-13-8-4-7-12-6-3-5-11/h10,12H,3-4,6-9H2,1-2H3. The molecule has 0 amide bonds. The summed E-state index contributed by atoms with van der Waals surface area (Å²) in [4.78, 5) is 0. The van der Waals surface area contributed by atoms with E-state index in [-0.39, 0.29) is 0 Å². The second kappa shape index (κ2) is 9.50. The highest BCUT2D eigenvalue weighted by atomic mass is 16.5. The second-order valence-electron chi connectivity index (χ2n) is 3.48. The summed E-state index contributed by atoms with van der Waals surface area (Å²) < 4.78 is 5.40. The van der Waals surface area contributed by atoms with Crippen LogP contribution in [0.4, 0.5) is 0 Å². The Morgan fingerprint density at radius 3 is 2.77 bits per heavy atom. The molecule has 1 N–H and O–H groups in total. The monoisotopic (exact) mass is 184 g/mol. The quantitative estimate of drug-likeness (QED) is 0.582. The molecule has 0 bridgehead atoms. The Balaban J connectivity index is 2.88. The van der Waals surface area contributed by atoms with Gasteiger partial charge in [-0.05, 0) is 18.9 Å². The van der Waals surface area contributed by atoms with Gasteiger partial charge in [-0.25, -0.2) is 0 Å². The lowest BCUT2D eigenvalue weighted by molar-refractivity contribution is 0.108. The Morgan fingerprint density at radius 1 is 1.38 bits per heavy atom. The zero-order valence-corrected chi connectivity index (χ0v) is 8.68. The van der Waals surface area contributed by atoms with Crippen molar-refractivity contribution in [2.75, 3.05) is 26.3 Å². The molecule has 0 spiro atoms. The van der Waals surface area contributed by atoms with Crippen LogP contribution >= 0.6 is 0 Å². The minimum atomic E-state index is 0.590. The zero-order chi connectivity index (χ0) is 9.94. The number of nitriles is 1. The Bertz CT molecular complexity index is 140. The van der Waals surface area contributed by atoms with E-state index >= 15 is 0 Å². The van der Waals surface area contributed by atoms with Gasteiger partial charge in [-0.15, -0.1) is 0 Å². The van der Waals surface area contributed by atoms with Crippen LogP contribution in [0.1, 0.15) is 26.7 Å². The summed E-state index contributed by atoms with van der Waals surface area (Å²) in [5.41, 5.74) is 0. The highest BCUT2D eigenvalue weighted by molar-refractivity contribution is 4.69. The van der Waals surface area contributed by atoms with Crippen LogP contribution in [0, 0.1) is 17.2 Å². The smallest absolute Gasteiger partial charge is 0.0635 e. The summed E-state index contributed by atoms with van der Waals surface area (Å²) in [6.45, 7) is 7.69. The summed E-state index contributed by atoms with van der Waals surface area (Å²) in [5.74, 6) is 0.617. The fourth-order valence-electron chi connectivity index (χ4n) is 0.888. The van der Waals surface area contributed by atoms with Crippen molar-refractivity contribution in [2.24, 2.45) is 5.92 Å². The van der Waals surface area contributed by atoms with Crippen molar-refractivity contribution in [3.63, 3.8) is 0 Å². The molecule has 0 aromatic heterocycles. The maximum Gasteiger partial charge on any atom is 0.0635 e. The summed E-state index contributed by atoms with van der Waals surface area (Å²) in [6.07, 6.45) is 1.62. The molecule has 3 nitrogen and oxygen atoms in total. The first-order valence-electron chi connectivity index (χ1n) is 4.92. The van der Waals surface area contributed by atoms with E-state index in [0.29, 0.717) is 12.3 Å². The molecule has 0 aliphatic carbocycles. The van der Waals surface area contributed by atoms with Gasteiger partial charge < -0.3 is 10.1 Å². The molecule has 0 fully saturated rings. The lowest BCUT2D eigenvalue weighted by atomic mass is 10.2. The third kappa shape index (κ3) is 11.4. The van der Waals surface area contributed by atoms with Crippen molar-refractivity contribution in [1.82, 2.24) is 5.32 Å². The number of rotatable bonds is 8. The first-order chi connectivity index (χ1) is 6.27. The van der Waals surface area contributed by atoms with Crippen LogP contribution in [-0.4, -0.2) is 26.3 Å². The molecule has 13 heavy (non-hydrogen) atoms. The fraction of sp³-hybridized carbons (Fsp3) is 0.900. The third-order valence-electron chi connectivity index (χ3n) is 1.51. The fourth-order valence-corrected chi connectivity index (χ4v) is 0.888. The SMILES string of the molecule is CC(C)COCCCNCCC#N. The van der Waals surface area contributed by atoms with E-state index in [1.165, 1.54) is 0 Å². The Hall–Kier alpha value is -0.590. The van der Waals surface area contributed by atoms with Gasteiger partial charge in [-0.2, -0.15) is 5.26 Å². The summed E-state index contributed by atoms with van der Waals surface area (Å²) in [5, 5.41) is 11.4. The Kier molecular flexibility index (Phi) is 9.07. The lowest BCUT2D eigenvalue weighted by Crippen LogP contribution is -2.18. The number of hydrogen-bond donors (Lipinski definition) is 1. The molecule has 0 radical (unpaired) electrons. The number of nitrogens with one attached hydrogen (secondary N) is 1. The van der Waals surface area contributed by atoms with Crippen molar-refractivity contribution < 1.29 is 4.74 Å². The van der Waals surface area contributed by atoms with E-state index in [1.807, 2.05) is 0 Å². The average molecular weight is 184 g/mol. The predicted molar refractivity (Wildman–Crippen MR) is 53.4 cm³/mol. The molecule has 0 saturated heterocycles. The molecule has 0 aliphatic heterocycles. The zero-order valence-electron chi connectivity index (χ0n) is 8.68. The molecule has 0 aromatic carbocycles. The number of ether oxygens (including phenoxy) is 1. The maximum atomic E-state index is 8.25. The minimum absolute atomic E-state index is 0.590. The van der Waals surface area contributed by atoms with Crippen LogP contribution < -0.4 is 5.32 Å². The normalized spacial score (nSPS) is 10.3. The molecule has 0 saturated carbocycles. The van der Waals surface area contributed by atoms with Crippen LogP contribution in [0.5, 0.6) is 0 Å².